The number of hydrogen-bond acceptors (Lipinski definition) is 4. The van der Waals surface area contributed by atoms with E-state index in [1.165, 1.54) is 18.2 Å². The molecule has 2 heterocycles. The molecule has 0 fully saturated rings. The molecule has 2 aromatic carbocycles. The third kappa shape index (κ3) is 5.57. The van der Waals surface area contributed by atoms with E-state index in [0.29, 0.717) is 23.6 Å². The highest BCUT2D eigenvalue weighted by atomic mass is 19.1. The number of benzene rings is 2. The minimum absolute atomic E-state index is 0.00760. The van der Waals surface area contributed by atoms with E-state index in [9.17, 15) is 13.6 Å². The lowest BCUT2D eigenvalue weighted by Crippen LogP contribution is -2.25. The SMILES string of the molecule is O=C(NCc1cccnc1)c1ccc(-c2ccccc2)nc1NCCc1c(F)cccc1F. The Morgan fingerprint density at radius 1 is 0.879 bits per heavy atom. The summed E-state index contributed by atoms with van der Waals surface area (Å²) in [5.74, 6) is -1.17. The molecular weight excluding hydrogens is 422 g/mol. The molecular formula is C26H22F2N4O. The van der Waals surface area contributed by atoms with Crippen LogP contribution in [0, 0.1) is 11.6 Å². The summed E-state index contributed by atoms with van der Waals surface area (Å²) in [7, 11) is 0. The van der Waals surface area contributed by atoms with E-state index in [1.54, 1.807) is 30.6 Å². The van der Waals surface area contributed by atoms with Crippen molar-refractivity contribution in [3.05, 3.63) is 114 Å². The summed E-state index contributed by atoms with van der Waals surface area (Å²) in [6, 6.07) is 20.5. The summed E-state index contributed by atoms with van der Waals surface area (Å²) in [6.07, 6.45) is 3.45. The maximum absolute atomic E-state index is 14.0. The number of nitrogens with zero attached hydrogens (tertiary/aromatic N) is 2. The van der Waals surface area contributed by atoms with Gasteiger partial charge in [-0.05, 0) is 42.3 Å². The van der Waals surface area contributed by atoms with Gasteiger partial charge in [0, 0.05) is 36.6 Å². The zero-order chi connectivity index (χ0) is 23.0. The van der Waals surface area contributed by atoms with Crippen molar-refractivity contribution >= 4 is 11.7 Å². The molecule has 7 heteroatoms. The first-order chi connectivity index (χ1) is 16.1. The first-order valence-electron chi connectivity index (χ1n) is 10.5. The normalized spacial score (nSPS) is 10.6. The van der Waals surface area contributed by atoms with Crippen LogP contribution >= 0.6 is 0 Å². The number of carbonyl (C=O) groups is 1. The summed E-state index contributed by atoms with van der Waals surface area (Å²) < 4.78 is 28.0. The maximum atomic E-state index is 14.0. The van der Waals surface area contributed by atoms with Crippen LogP contribution in [0.25, 0.3) is 11.3 Å². The van der Waals surface area contributed by atoms with Crippen LogP contribution < -0.4 is 10.6 Å². The van der Waals surface area contributed by atoms with Crippen LogP contribution in [0.2, 0.25) is 0 Å². The number of hydrogen-bond donors (Lipinski definition) is 2. The zero-order valence-corrected chi connectivity index (χ0v) is 17.8. The van der Waals surface area contributed by atoms with Crippen LogP contribution in [-0.4, -0.2) is 22.4 Å². The van der Waals surface area contributed by atoms with Crippen LogP contribution in [-0.2, 0) is 13.0 Å². The lowest BCUT2D eigenvalue weighted by molar-refractivity contribution is 0.0951. The van der Waals surface area contributed by atoms with Gasteiger partial charge in [0.1, 0.15) is 17.5 Å². The van der Waals surface area contributed by atoms with Crippen LogP contribution in [0.1, 0.15) is 21.5 Å². The van der Waals surface area contributed by atoms with Gasteiger partial charge in [-0.15, -0.1) is 0 Å². The van der Waals surface area contributed by atoms with E-state index in [-0.39, 0.29) is 24.4 Å². The van der Waals surface area contributed by atoms with E-state index in [4.69, 9.17) is 0 Å². The Bertz CT molecular complexity index is 1210. The minimum Gasteiger partial charge on any atom is -0.369 e. The van der Waals surface area contributed by atoms with Crippen molar-refractivity contribution < 1.29 is 13.6 Å². The monoisotopic (exact) mass is 444 g/mol. The maximum Gasteiger partial charge on any atom is 0.255 e. The third-order valence-corrected chi connectivity index (χ3v) is 5.11. The molecule has 2 aromatic heterocycles. The molecule has 0 unspecified atom stereocenters. The predicted molar refractivity (Wildman–Crippen MR) is 124 cm³/mol. The number of anilines is 1. The molecule has 4 rings (SSSR count). The van der Waals surface area contributed by atoms with Gasteiger partial charge in [-0.1, -0.05) is 42.5 Å². The van der Waals surface area contributed by atoms with Crippen molar-refractivity contribution in [1.29, 1.82) is 0 Å². The van der Waals surface area contributed by atoms with E-state index in [2.05, 4.69) is 20.6 Å². The van der Waals surface area contributed by atoms with Crippen molar-refractivity contribution in [3.8, 4) is 11.3 Å². The smallest absolute Gasteiger partial charge is 0.255 e. The Kier molecular flexibility index (Phi) is 6.99. The number of carbonyl (C=O) groups excluding carboxylic acids is 1. The molecule has 1 amide bonds. The lowest BCUT2D eigenvalue weighted by Gasteiger charge is -2.14. The highest BCUT2D eigenvalue weighted by Gasteiger charge is 2.15. The molecule has 4 aromatic rings. The fourth-order valence-electron chi connectivity index (χ4n) is 3.40. The number of nitrogens with one attached hydrogen (secondary N) is 2. The number of aromatic nitrogens is 2. The predicted octanol–water partition coefficient (Wildman–Crippen LogP) is 5.01. The first kappa shape index (κ1) is 22.1. The Morgan fingerprint density at radius 3 is 2.39 bits per heavy atom. The molecule has 33 heavy (non-hydrogen) atoms. The minimum atomic E-state index is -0.600. The first-order valence-corrected chi connectivity index (χ1v) is 10.5. The topological polar surface area (TPSA) is 66.9 Å². The summed E-state index contributed by atoms with van der Waals surface area (Å²) in [5, 5.41) is 5.95. The molecule has 0 aliphatic rings. The molecule has 2 N–H and O–H groups in total. The van der Waals surface area contributed by atoms with Crippen LogP contribution in [0.5, 0.6) is 0 Å². The van der Waals surface area contributed by atoms with E-state index in [1.807, 2.05) is 36.4 Å². The molecule has 0 saturated heterocycles. The van der Waals surface area contributed by atoms with Crippen molar-refractivity contribution in [2.75, 3.05) is 11.9 Å². The fourth-order valence-corrected chi connectivity index (χ4v) is 3.40. The van der Waals surface area contributed by atoms with Crippen molar-refractivity contribution in [2.24, 2.45) is 0 Å². The molecule has 0 aliphatic carbocycles. The van der Waals surface area contributed by atoms with E-state index in [0.717, 1.165) is 11.1 Å². The van der Waals surface area contributed by atoms with Crippen LogP contribution in [0.3, 0.4) is 0 Å². The Morgan fingerprint density at radius 2 is 1.67 bits per heavy atom. The second-order valence-electron chi connectivity index (χ2n) is 7.38. The molecule has 166 valence electrons. The second kappa shape index (κ2) is 10.5. The van der Waals surface area contributed by atoms with Crippen molar-refractivity contribution in [1.82, 2.24) is 15.3 Å². The van der Waals surface area contributed by atoms with Crippen LogP contribution in [0.4, 0.5) is 14.6 Å². The van der Waals surface area contributed by atoms with Gasteiger partial charge in [0.05, 0.1) is 11.3 Å². The van der Waals surface area contributed by atoms with Gasteiger partial charge in [-0.2, -0.15) is 0 Å². The zero-order valence-electron chi connectivity index (χ0n) is 17.8. The van der Waals surface area contributed by atoms with E-state index >= 15 is 0 Å². The molecule has 0 atom stereocenters. The highest BCUT2D eigenvalue weighted by Crippen LogP contribution is 2.22. The summed E-state index contributed by atoms with van der Waals surface area (Å²) in [5.41, 5.74) is 2.77. The molecule has 0 radical (unpaired) electrons. The van der Waals surface area contributed by atoms with Crippen LogP contribution in [0.15, 0.2) is 85.2 Å². The summed E-state index contributed by atoms with van der Waals surface area (Å²) in [6.45, 7) is 0.513. The number of halogens is 2. The number of pyridine rings is 2. The average molecular weight is 444 g/mol. The quantitative estimate of drug-likeness (QED) is 0.401. The summed E-state index contributed by atoms with van der Waals surface area (Å²) in [4.78, 5) is 21.6. The molecule has 0 bridgehead atoms. The summed E-state index contributed by atoms with van der Waals surface area (Å²) >= 11 is 0. The van der Waals surface area contributed by atoms with Gasteiger partial charge < -0.3 is 10.6 Å². The fraction of sp³-hybridized carbons (Fsp3) is 0.115. The average Bonchev–Trinajstić information content (AvgIpc) is 2.85. The standard InChI is InChI=1S/C26H22F2N4O/c27-22-9-4-10-23(28)20(22)13-15-30-25-21(26(33)31-17-18-6-5-14-29-16-18)11-12-24(32-25)19-7-2-1-3-8-19/h1-12,14,16H,13,15,17H2,(H,30,32)(H,31,33). The number of amides is 1. The van der Waals surface area contributed by atoms with Gasteiger partial charge in [0.25, 0.3) is 5.91 Å². The van der Waals surface area contributed by atoms with Gasteiger partial charge in [-0.3, -0.25) is 9.78 Å². The molecule has 5 nitrogen and oxygen atoms in total. The third-order valence-electron chi connectivity index (χ3n) is 5.11. The van der Waals surface area contributed by atoms with Gasteiger partial charge in [-0.25, -0.2) is 13.8 Å². The Hall–Kier alpha value is -4.13. The molecule has 0 spiro atoms. The Labute approximate surface area is 190 Å². The number of rotatable bonds is 8. The van der Waals surface area contributed by atoms with Crippen molar-refractivity contribution in [2.45, 2.75) is 13.0 Å². The molecule has 0 aliphatic heterocycles. The Balaban J connectivity index is 1.55. The van der Waals surface area contributed by atoms with Gasteiger partial charge in [0.15, 0.2) is 0 Å². The second-order valence-corrected chi connectivity index (χ2v) is 7.38. The highest BCUT2D eigenvalue weighted by molar-refractivity contribution is 5.99. The van der Waals surface area contributed by atoms with Crippen molar-refractivity contribution in [3.63, 3.8) is 0 Å². The van der Waals surface area contributed by atoms with Gasteiger partial charge in [0.2, 0.25) is 0 Å². The largest absolute Gasteiger partial charge is 0.369 e. The van der Waals surface area contributed by atoms with E-state index < -0.39 is 11.6 Å². The lowest BCUT2D eigenvalue weighted by atomic mass is 10.1. The van der Waals surface area contributed by atoms with Gasteiger partial charge >= 0.3 is 0 Å². The molecule has 0 saturated carbocycles.